The minimum Gasteiger partial charge on any atom is -0.497 e. The number of carbonyl (C=O) groups excluding carboxylic acids is 1. The van der Waals surface area contributed by atoms with Crippen molar-refractivity contribution in [1.29, 1.82) is 0 Å². The molecule has 0 unspecified atom stereocenters. The lowest BCUT2D eigenvalue weighted by molar-refractivity contribution is -0.118. The number of amides is 1. The molecule has 4 rings (SSSR count). The number of nitrogens with one attached hydrogen (secondary N) is 2. The van der Waals surface area contributed by atoms with E-state index >= 15 is 0 Å². The number of rotatable bonds is 7. The molecule has 1 amide bonds. The zero-order chi connectivity index (χ0) is 20.8. The lowest BCUT2D eigenvalue weighted by Gasteiger charge is -2.28. The van der Waals surface area contributed by atoms with Crippen LogP contribution in [0.3, 0.4) is 0 Å². The van der Waals surface area contributed by atoms with Crippen LogP contribution < -0.4 is 24.8 Å². The van der Waals surface area contributed by atoms with E-state index in [0.29, 0.717) is 30.3 Å². The van der Waals surface area contributed by atoms with Gasteiger partial charge in [0.2, 0.25) is 5.91 Å². The summed E-state index contributed by atoms with van der Waals surface area (Å²) in [5, 5.41) is 6.30. The molecule has 6 nitrogen and oxygen atoms in total. The van der Waals surface area contributed by atoms with Crippen LogP contribution in [0.5, 0.6) is 17.2 Å². The molecule has 0 saturated heterocycles. The number of fused-ring (bicyclic) bond motifs is 1. The van der Waals surface area contributed by atoms with E-state index in [1.165, 1.54) is 0 Å². The van der Waals surface area contributed by atoms with Crippen molar-refractivity contribution in [1.82, 2.24) is 5.32 Å². The van der Waals surface area contributed by atoms with Crippen molar-refractivity contribution in [3.8, 4) is 17.2 Å². The fraction of sp³-hybridized carbons (Fsp3) is 0.208. The Hall–Kier alpha value is -3.51. The number of methoxy groups -OCH3 is 1. The van der Waals surface area contributed by atoms with Crippen molar-refractivity contribution >= 4 is 11.6 Å². The molecular weight excluding hydrogens is 380 g/mol. The summed E-state index contributed by atoms with van der Waals surface area (Å²) in [5.41, 5.74) is 1.54. The van der Waals surface area contributed by atoms with Crippen LogP contribution in [0.2, 0.25) is 0 Å². The van der Waals surface area contributed by atoms with E-state index in [1.54, 1.807) is 13.2 Å². The van der Waals surface area contributed by atoms with E-state index in [-0.39, 0.29) is 12.0 Å². The van der Waals surface area contributed by atoms with Gasteiger partial charge in [-0.1, -0.05) is 48.5 Å². The summed E-state index contributed by atoms with van der Waals surface area (Å²) in [6, 6.07) is 23.9. The minimum absolute atomic E-state index is 0.161. The van der Waals surface area contributed by atoms with Crippen LogP contribution >= 0.6 is 0 Å². The average molecular weight is 404 g/mol. The predicted octanol–water partition coefficient (Wildman–Crippen LogP) is 3.80. The number of hydrogen-bond donors (Lipinski definition) is 2. The van der Waals surface area contributed by atoms with Gasteiger partial charge >= 0.3 is 0 Å². The summed E-state index contributed by atoms with van der Waals surface area (Å²) in [6.45, 7) is 0.877. The third-order valence-electron chi connectivity index (χ3n) is 4.85. The molecule has 1 aliphatic rings. The summed E-state index contributed by atoms with van der Waals surface area (Å²) in [6.07, 6.45) is -0.198. The second kappa shape index (κ2) is 9.33. The lowest BCUT2D eigenvalue weighted by atomic mass is 10.1. The van der Waals surface area contributed by atoms with Gasteiger partial charge in [-0.15, -0.1) is 0 Å². The van der Waals surface area contributed by atoms with Crippen molar-refractivity contribution in [3.05, 3.63) is 84.4 Å². The van der Waals surface area contributed by atoms with E-state index in [0.717, 1.165) is 11.3 Å². The third kappa shape index (κ3) is 4.72. The van der Waals surface area contributed by atoms with Gasteiger partial charge in [0.25, 0.3) is 0 Å². The smallest absolute Gasteiger partial charge is 0.246 e. The van der Waals surface area contributed by atoms with Gasteiger partial charge in [-0.3, -0.25) is 10.1 Å². The molecule has 2 N–H and O–H groups in total. The van der Waals surface area contributed by atoms with Gasteiger partial charge in [-0.2, -0.15) is 0 Å². The van der Waals surface area contributed by atoms with E-state index in [9.17, 15) is 4.79 Å². The quantitative estimate of drug-likeness (QED) is 0.627. The summed E-state index contributed by atoms with van der Waals surface area (Å²) in [7, 11) is 1.60. The molecule has 0 aromatic heterocycles. The molecule has 3 aromatic rings. The van der Waals surface area contributed by atoms with E-state index < -0.39 is 6.04 Å². The summed E-state index contributed by atoms with van der Waals surface area (Å²) in [4.78, 5) is 13.1. The zero-order valence-corrected chi connectivity index (χ0v) is 16.7. The van der Waals surface area contributed by atoms with E-state index in [1.807, 2.05) is 72.8 Å². The molecule has 0 bridgehead atoms. The maximum atomic E-state index is 13.1. The molecule has 2 atom stereocenters. The number of hydrogen-bond acceptors (Lipinski definition) is 5. The molecule has 0 aliphatic carbocycles. The van der Waals surface area contributed by atoms with Crippen LogP contribution in [0.25, 0.3) is 0 Å². The van der Waals surface area contributed by atoms with E-state index in [2.05, 4.69) is 10.6 Å². The Balaban J connectivity index is 1.46. The Bertz CT molecular complexity index is 993. The Labute approximate surface area is 175 Å². The molecule has 30 heavy (non-hydrogen) atoms. The lowest BCUT2D eigenvalue weighted by Crippen LogP contribution is -2.42. The van der Waals surface area contributed by atoms with Gasteiger partial charge < -0.3 is 19.5 Å². The number of benzene rings is 3. The topological polar surface area (TPSA) is 68.8 Å². The fourth-order valence-corrected chi connectivity index (χ4v) is 3.34. The second-order valence-corrected chi connectivity index (χ2v) is 6.97. The van der Waals surface area contributed by atoms with Crippen LogP contribution in [0, 0.1) is 0 Å². The highest BCUT2D eigenvalue weighted by atomic mass is 16.6. The van der Waals surface area contributed by atoms with Crippen molar-refractivity contribution in [3.63, 3.8) is 0 Å². The van der Waals surface area contributed by atoms with Crippen molar-refractivity contribution in [2.75, 3.05) is 25.6 Å². The average Bonchev–Trinajstić information content (AvgIpc) is 2.80. The van der Waals surface area contributed by atoms with Crippen molar-refractivity contribution in [2.24, 2.45) is 0 Å². The highest BCUT2D eigenvalue weighted by Crippen LogP contribution is 2.31. The molecular formula is C24H24N2O4. The summed E-state index contributed by atoms with van der Waals surface area (Å²) < 4.78 is 17.0. The Morgan fingerprint density at radius 2 is 1.80 bits per heavy atom. The largest absolute Gasteiger partial charge is 0.497 e. The van der Waals surface area contributed by atoms with Crippen LogP contribution in [0.15, 0.2) is 78.9 Å². The minimum atomic E-state index is -0.543. The van der Waals surface area contributed by atoms with Crippen molar-refractivity contribution < 1.29 is 19.0 Å². The highest BCUT2D eigenvalue weighted by Gasteiger charge is 2.25. The maximum absolute atomic E-state index is 13.1. The first-order valence-corrected chi connectivity index (χ1v) is 9.84. The van der Waals surface area contributed by atoms with Crippen LogP contribution in [0.4, 0.5) is 5.69 Å². The first kappa shape index (κ1) is 19.8. The summed E-state index contributed by atoms with van der Waals surface area (Å²) >= 11 is 0. The second-order valence-electron chi connectivity index (χ2n) is 6.97. The molecule has 1 aliphatic heterocycles. The number of anilines is 1. The molecule has 0 saturated carbocycles. The Morgan fingerprint density at radius 1 is 1.03 bits per heavy atom. The third-order valence-corrected chi connectivity index (χ3v) is 4.85. The predicted molar refractivity (Wildman–Crippen MR) is 115 cm³/mol. The van der Waals surface area contributed by atoms with Crippen LogP contribution in [0.1, 0.15) is 11.6 Å². The number of ether oxygens (including phenoxy) is 3. The highest BCUT2D eigenvalue weighted by molar-refractivity contribution is 5.95. The zero-order valence-electron chi connectivity index (χ0n) is 16.7. The molecule has 0 spiro atoms. The first-order chi connectivity index (χ1) is 14.7. The van der Waals surface area contributed by atoms with Crippen molar-refractivity contribution in [2.45, 2.75) is 12.1 Å². The van der Waals surface area contributed by atoms with Gasteiger partial charge in [0.15, 0.2) is 11.5 Å². The van der Waals surface area contributed by atoms with Gasteiger partial charge in [0.05, 0.1) is 7.11 Å². The Morgan fingerprint density at radius 3 is 2.60 bits per heavy atom. The van der Waals surface area contributed by atoms with Gasteiger partial charge in [-0.05, 0) is 29.8 Å². The molecule has 154 valence electrons. The van der Waals surface area contributed by atoms with E-state index in [4.69, 9.17) is 14.2 Å². The molecule has 0 fully saturated rings. The molecule has 3 aromatic carbocycles. The SMILES string of the molecule is COc1cccc(NC(=O)[C@@H](NC[C@@H]2COc3ccccc3O2)c2ccccc2)c1. The molecule has 1 heterocycles. The standard InChI is InChI=1S/C24H24N2O4/c1-28-19-11-7-10-18(14-19)26-24(27)23(17-8-3-2-4-9-17)25-15-20-16-29-21-12-5-6-13-22(21)30-20/h2-14,20,23,25H,15-16H2,1H3,(H,26,27)/t20-,23+/m1/s1. The maximum Gasteiger partial charge on any atom is 0.246 e. The van der Waals surface area contributed by atoms with Gasteiger partial charge in [-0.25, -0.2) is 0 Å². The first-order valence-electron chi connectivity index (χ1n) is 9.84. The fourth-order valence-electron chi connectivity index (χ4n) is 3.34. The van der Waals surface area contributed by atoms with Crippen LogP contribution in [-0.2, 0) is 4.79 Å². The number of carbonyl (C=O) groups is 1. The summed E-state index contributed by atoms with van der Waals surface area (Å²) in [5.74, 6) is 1.98. The number of para-hydroxylation sites is 2. The van der Waals surface area contributed by atoms with Crippen LogP contribution in [-0.4, -0.2) is 32.3 Å². The Kier molecular flexibility index (Phi) is 6.15. The van der Waals surface area contributed by atoms with Gasteiger partial charge in [0, 0.05) is 18.3 Å². The molecule has 6 heteroatoms. The van der Waals surface area contributed by atoms with Gasteiger partial charge in [0.1, 0.15) is 24.5 Å². The monoisotopic (exact) mass is 404 g/mol. The normalized spacial score (nSPS) is 15.8. The molecule has 0 radical (unpaired) electrons.